The predicted molar refractivity (Wildman–Crippen MR) is 88.3 cm³/mol. The molecule has 0 aliphatic heterocycles. The van der Waals surface area contributed by atoms with Gasteiger partial charge >= 0.3 is 14.2 Å². The van der Waals surface area contributed by atoms with Gasteiger partial charge < -0.3 is 29.6 Å². The van der Waals surface area contributed by atoms with E-state index in [9.17, 15) is 0 Å². The van der Waals surface area contributed by atoms with Gasteiger partial charge in [-0.05, 0) is 25.0 Å². The van der Waals surface area contributed by atoms with Gasteiger partial charge in [0.05, 0.1) is 25.6 Å². The first-order valence-electron chi connectivity index (χ1n) is 7.44. The Hall–Kier alpha value is -2.13. The molecule has 0 saturated carbocycles. The summed E-state index contributed by atoms with van der Waals surface area (Å²) in [5.74, 6) is 0.936. The van der Waals surface area contributed by atoms with Crippen LogP contribution >= 0.6 is 0 Å². The van der Waals surface area contributed by atoms with E-state index < -0.39 is 14.2 Å². The van der Waals surface area contributed by atoms with Crippen LogP contribution in [-0.4, -0.2) is 57.5 Å². The van der Waals surface area contributed by atoms with Crippen LogP contribution in [0.1, 0.15) is 12.8 Å². The number of hydrogen-bond donors (Lipinski definition) is 4. The first-order chi connectivity index (χ1) is 11.6. The van der Waals surface area contributed by atoms with Crippen LogP contribution in [0.4, 0.5) is 0 Å². The maximum absolute atomic E-state index is 9.06. The average Bonchev–Trinajstić information content (AvgIpc) is 2.58. The fourth-order valence-corrected chi connectivity index (χ4v) is 1.90. The zero-order chi connectivity index (χ0) is 17.4. The first kappa shape index (κ1) is 18.2. The van der Waals surface area contributed by atoms with Crippen LogP contribution in [0.5, 0.6) is 11.5 Å². The third kappa shape index (κ3) is 5.82. The lowest BCUT2D eigenvalue weighted by Gasteiger charge is -2.09. The molecule has 8 nitrogen and oxygen atoms in total. The summed E-state index contributed by atoms with van der Waals surface area (Å²) in [7, 11) is -3.15. The van der Waals surface area contributed by atoms with E-state index in [0.717, 1.165) is 12.8 Å². The van der Waals surface area contributed by atoms with Gasteiger partial charge in [0.1, 0.15) is 11.5 Å². The fourth-order valence-electron chi connectivity index (χ4n) is 1.90. The number of pyridine rings is 2. The van der Waals surface area contributed by atoms with E-state index in [1.807, 2.05) is 0 Å². The van der Waals surface area contributed by atoms with Crippen molar-refractivity contribution < 1.29 is 29.6 Å². The quantitative estimate of drug-likeness (QED) is 0.309. The summed E-state index contributed by atoms with van der Waals surface area (Å²) in [4.78, 5) is 7.73. The molecule has 126 valence electrons. The second kappa shape index (κ2) is 9.24. The molecule has 0 radical (unpaired) electrons. The minimum Gasteiger partial charge on any atom is -0.492 e. The van der Waals surface area contributed by atoms with Crippen molar-refractivity contribution >= 4 is 25.2 Å². The molecule has 0 atom stereocenters. The summed E-state index contributed by atoms with van der Waals surface area (Å²) in [6, 6.07) is 3.04. The lowest BCUT2D eigenvalue weighted by molar-refractivity contribution is 0.265. The number of rotatable bonds is 9. The zero-order valence-corrected chi connectivity index (χ0v) is 12.9. The van der Waals surface area contributed by atoms with Gasteiger partial charge in [-0.1, -0.05) is 0 Å². The minimum atomic E-state index is -1.57. The van der Waals surface area contributed by atoms with Crippen LogP contribution in [0.15, 0.2) is 36.9 Å². The van der Waals surface area contributed by atoms with Crippen LogP contribution in [0.2, 0.25) is 0 Å². The molecular weight excluding hydrogens is 314 g/mol. The monoisotopic (exact) mass is 332 g/mol. The van der Waals surface area contributed by atoms with Crippen molar-refractivity contribution in [1.82, 2.24) is 9.97 Å². The van der Waals surface area contributed by atoms with E-state index >= 15 is 0 Å². The second-order valence-corrected chi connectivity index (χ2v) is 5.06. The molecule has 2 heterocycles. The molecule has 0 aliphatic rings. The summed E-state index contributed by atoms with van der Waals surface area (Å²) in [5, 5.41) is 36.2. The number of unbranched alkanes of at least 4 members (excludes halogenated alkanes) is 1. The summed E-state index contributed by atoms with van der Waals surface area (Å²) in [6.07, 6.45) is 7.16. The highest BCUT2D eigenvalue weighted by molar-refractivity contribution is 6.58. The Morgan fingerprint density at radius 3 is 1.50 bits per heavy atom. The largest absolute Gasteiger partial charge is 0.492 e. The van der Waals surface area contributed by atoms with Gasteiger partial charge in [-0.25, -0.2) is 0 Å². The predicted octanol–water partition coefficient (Wildman–Crippen LogP) is -1.93. The number of nitrogens with zero attached hydrogens (tertiary/aromatic N) is 2. The number of aromatic nitrogens is 2. The van der Waals surface area contributed by atoms with E-state index in [1.165, 1.54) is 36.9 Å². The zero-order valence-electron chi connectivity index (χ0n) is 12.9. The van der Waals surface area contributed by atoms with Crippen molar-refractivity contribution in [2.24, 2.45) is 0 Å². The van der Waals surface area contributed by atoms with Gasteiger partial charge in [0.25, 0.3) is 0 Å². The van der Waals surface area contributed by atoms with E-state index in [1.54, 1.807) is 0 Å². The molecule has 4 N–H and O–H groups in total. The molecule has 0 spiro atoms. The summed E-state index contributed by atoms with van der Waals surface area (Å²) >= 11 is 0. The van der Waals surface area contributed by atoms with Crippen molar-refractivity contribution in [3.8, 4) is 11.5 Å². The van der Waals surface area contributed by atoms with Gasteiger partial charge in [-0.15, -0.1) is 0 Å². The van der Waals surface area contributed by atoms with Crippen LogP contribution in [0.3, 0.4) is 0 Å². The van der Waals surface area contributed by atoms with E-state index in [-0.39, 0.29) is 10.9 Å². The molecule has 2 aromatic rings. The van der Waals surface area contributed by atoms with Crippen molar-refractivity contribution in [3.05, 3.63) is 36.9 Å². The highest BCUT2D eigenvalue weighted by Crippen LogP contribution is 2.08. The van der Waals surface area contributed by atoms with Crippen molar-refractivity contribution in [3.63, 3.8) is 0 Å². The van der Waals surface area contributed by atoms with Gasteiger partial charge in [0, 0.05) is 23.3 Å². The van der Waals surface area contributed by atoms with Crippen LogP contribution in [0.25, 0.3) is 0 Å². The third-order valence-corrected chi connectivity index (χ3v) is 3.14. The van der Waals surface area contributed by atoms with Gasteiger partial charge in [0.2, 0.25) is 0 Å². The molecule has 0 bridgehead atoms. The molecule has 0 fully saturated rings. The topological polar surface area (TPSA) is 125 Å². The highest BCUT2D eigenvalue weighted by Gasteiger charge is 2.12. The molecule has 10 heteroatoms. The molecular formula is C14H18B2N2O6. The Morgan fingerprint density at radius 2 is 1.12 bits per heavy atom. The summed E-state index contributed by atoms with van der Waals surface area (Å²) < 4.78 is 11.0. The standard InChI is InChI=1S/C14H18B2N2O6/c19-15(20)11-5-13(9-17-7-11)23-3-1-2-4-24-14-6-12(16(21)22)8-18-10-14/h5-10,19-22H,1-4H2. The van der Waals surface area contributed by atoms with E-state index in [4.69, 9.17) is 29.6 Å². The Bertz CT molecular complexity index is 589. The molecule has 0 aliphatic carbocycles. The highest BCUT2D eigenvalue weighted by atomic mass is 16.5. The molecule has 0 aromatic carbocycles. The SMILES string of the molecule is OB(O)c1cncc(OCCCCOc2cncc(B(O)O)c2)c1. The minimum absolute atomic E-state index is 0.272. The van der Waals surface area contributed by atoms with Crippen LogP contribution < -0.4 is 20.4 Å². The molecule has 2 rings (SSSR count). The molecule has 0 saturated heterocycles. The van der Waals surface area contributed by atoms with Gasteiger partial charge in [0.15, 0.2) is 0 Å². The molecule has 24 heavy (non-hydrogen) atoms. The molecule has 2 aromatic heterocycles. The maximum atomic E-state index is 9.06. The smallest absolute Gasteiger partial charge is 0.490 e. The number of hydrogen-bond acceptors (Lipinski definition) is 8. The van der Waals surface area contributed by atoms with Gasteiger partial charge in [-0.3, -0.25) is 9.97 Å². The third-order valence-electron chi connectivity index (χ3n) is 3.14. The van der Waals surface area contributed by atoms with Crippen molar-refractivity contribution in [1.29, 1.82) is 0 Å². The van der Waals surface area contributed by atoms with Gasteiger partial charge in [-0.2, -0.15) is 0 Å². The van der Waals surface area contributed by atoms with Crippen LogP contribution in [0, 0.1) is 0 Å². The Kier molecular flexibility index (Phi) is 7.01. The van der Waals surface area contributed by atoms with Crippen molar-refractivity contribution in [2.45, 2.75) is 12.8 Å². The Labute approximate surface area is 140 Å². The lowest BCUT2D eigenvalue weighted by Crippen LogP contribution is -2.30. The van der Waals surface area contributed by atoms with E-state index in [0.29, 0.717) is 24.7 Å². The normalized spacial score (nSPS) is 10.3. The Balaban J connectivity index is 1.67. The first-order valence-corrected chi connectivity index (χ1v) is 7.44. The molecule has 0 unspecified atom stereocenters. The fraction of sp³-hybridized carbons (Fsp3) is 0.286. The van der Waals surface area contributed by atoms with E-state index in [2.05, 4.69) is 9.97 Å². The second-order valence-electron chi connectivity index (χ2n) is 5.06. The van der Waals surface area contributed by atoms with Crippen molar-refractivity contribution in [2.75, 3.05) is 13.2 Å². The summed E-state index contributed by atoms with van der Waals surface area (Å²) in [6.45, 7) is 0.868. The lowest BCUT2D eigenvalue weighted by atomic mass is 9.82. The number of ether oxygens (including phenoxy) is 2. The van der Waals surface area contributed by atoms with Crippen LogP contribution in [-0.2, 0) is 0 Å². The average molecular weight is 332 g/mol. The summed E-state index contributed by atoms with van der Waals surface area (Å²) in [5.41, 5.74) is 0.545. The maximum Gasteiger partial charge on any atom is 0.490 e. The Morgan fingerprint density at radius 1 is 0.708 bits per heavy atom. The molecule has 0 amide bonds.